The van der Waals surface area contributed by atoms with E-state index < -0.39 is 0 Å². The van der Waals surface area contributed by atoms with Crippen LogP contribution in [0.5, 0.6) is 0 Å². The van der Waals surface area contributed by atoms with Gasteiger partial charge in [0.15, 0.2) is 5.82 Å². The van der Waals surface area contributed by atoms with E-state index in [0.29, 0.717) is 13.0 Å². The summed E-state index contributed by atoms with van der Waals surface area (Å²) in [6, 6.07) is 3.79. The van der Waals surface area contributed by atoms with Crippen molar-refractivity contribution in [1.82, 2.24) is 4.98 Å². The highest BCUT2D eigenvalue weighted by molar-refractivity contribution is 5.93. The fraction of sp³-hybridized carbons (Fsp3) is 0.600. The zero-order chi connectivity index (χ0) is 14.2. The largest absolute Gasteiger partial charge is 0.355 e. The third-order valence-electron chi connectivity index (χ3n) is 3.57. The maximum atomic E-state index is 12.0. The number of rotatable bonds is 7. The molecule has 1 aromatic rings. The van der Waals surface area contributed by atoms with Gasteiger partial charge in [-0.2, -0.15) is 0 Å². The Kier molecular flexibility index (Phi) is 5.80. The maximum Gasteiger partial charge on any atom is 0.224 e. The van der Waals surface area contributed by atoms with Crippen molar-refractivity contribution in [3.05, 3.63) is 18.3 Å². The zero-order valence-electron chi connectivity index (χ0n) is 12.0. The van der Waals surface area contributed by atoms with Crippen molar-refractivity contribution in [3.63, 3.8) is 0 Å². The SMILES string of the molecule is NCCCCCC(=O)Nc1cccnc1N1CCCC1. The smallest absolute Gasteiger partial charge is 0.224 e. The molecule has 0 saturated carbocycles. The number of nitrogens with two attached hydrogens (primary N) is 1. The molecule has 0 unspecified atom stereocenters. The Labute approximate surface area is 120 Å². The molecule has 1 aromatic heterocycles. The number of carbonyl (C=O) groups is 1. The van der Waals surface area contributed by atoms with Crippen molar-refractivity contribution >= 4 is 17.4 Å². The van der Waals surface area contributed by atoms with Crippen LogP contribution in [0.25, 0.3) is 0 Å². The van der Waals surface area contributed by atoms with Crippen molar-refractivity contribution < 1.29 is 4.79 Å². The lowest BCUT2D eigenvalue weighted by atomic mass is 10.2. The van der Waals surface area contributed by atoms with E-state index in [0.717, 1.165) is 43.9 Å². The molecule has 5 heteroatoms. The van der Waals surface area contributed by atoms with Crippen LogP contribution in [0.3, 0.4) is 0 Å². The number of pyridine rings is 1. The molecule has 3 N–H and O–H groups in total. The van der Waals surface area contributed by atoms with E-state index in [-0.39, 0.29) is 5.91 Å². The van der Waals surface area contributed by atoms with Crippen LogP contribution in [0.4, 0.5) is 11.5 Å². The lowest BCUT2D eigenvalue weighted by molar-refractivity contribution is -0.116. The van der Waals surface area contributed by atoms with E-state index in [1.54, 1.807) is 6.20 Å². The van der Waals surface area contributed by atoms with Gasteiger partial charge in [-0.3, -0.25) is 4.79 Å². The molecule has 1 aliphatic rings. The number of nitrogens with zero attached hydrogens (tertiary/aromatic N) is 2. The number of unbranched alkanes of at least 4 members (excludes halogenated alkanes) is 2. The summed E-state index contributed by atoms with van der Waals surface area (Å²) >= 11 is 0. The number of aromatic nitrogens is 1. The highest BCUT2D eigenvalue weighted by Crippen LogP contribution is 2.26. The summed E-state index contributed by atoms with van der Waals surface area (Å²) in [5.41, 5.74) is 6.28. The van der Waals surface area contributed by atoms with Crippen molar-refractivity contribution in [1.29, 1.82) is 0 Å². The van der Waals surface area contributed by atoms with Crippen LogP contribution < -0.4 is 16.0 Å². The molecule has 1 amide bonds. The molecule has 1 saturated heterocycles. The van der Waals surface area contributed by atoms with Crippen molar-refractivity contribution in [2.45, 2.75) is 38.5 Å². The number of nitrogens with one attached hydrogen (secondary N) is 1. The third kappa shape index (κ3) is 4.20. The summed E-state index contributed by atoms with van der Waals surface area (Å²) in [6.07, 6.45) is 7.61. The van der Waals surface area contributed by atoms with Crippen LogP contribution in [0.2, 0.25) is 0 Å². The molecule has 2 heterocycles. The van der Waals surface area contributed by atoms with Crippen molar-refractivity contribution in [2.24, 2.45) is 5.73 Å². The van der Waals surface area contributed by atoms with Crippen LogP contribution in [0.1, 0.15) is 38.5 Å². The number of hydrogen-bond acceptors (Lipinski definition) is 4. The summed E-state index contributed by atoms with van der Waals surface area (Å²) in [6.45, 7) is 2.75. The van der Waals surface area contributed by atoms with Gasteiger partial charge >= 0.3 is 0 Å². The van der Waals surface area contributed by atoms with Gasteiger partial charge in [-0.25, -0.2) is 4.98 Å². The first-order chi connectivity index (χ1) is 9.81. The van der Waals surface area contributed by atoms with E-state index in [2.05, 4.69) is 15.2 Å². The molecule has 0 atom stereocenters. The Bertz CT molecular complexity index is 430. The number of carbonyl (C=O) groups excluding carboxylic acids is 1. The predicted molar refractivity (Wildman–Crippen MR) is 81.8 cm³/mol. The van der Waals surface area contributed by atoms with E-state index in [4.69, 9.17) is 5.73 Å². The molecule has 0 bridgehead atoms. The monoisotopic (exact) mass is 276 g/mol. The number of anilines is 2. The van der Waals surface area contributed by atoms with Crippen molar-refractivity contribution in [2.75, 3.05) is 29.9 Å². The fourth-order valence-electron chi connectivity index (χ4n) is 2.49. The summed E-state index contributed by atoms with van der Waals surface area (Å²) in [5, 5.41) is 2.99. The molecule has 110 valence electrons. The second-order valence-corrected chi connectivity index (χ2v) is 5.22. The van der Waals surface area contributed by atoms with Gasteiger partial charge in [-0.1, -0.05) is 6.42 Å². The Balaban J connectivity index is 1.89. The van der Waals surface area contributed by atoms with E-state index in [1.165, 1.54) is 12.8 Å². The number of amides is 1. The van der Waals surface area contributed by atoms with Gasteiger partial charge in [0.05, 0.1) is 5.69 Å². The topological polar surface area (TPSA) is 71.2 Å². The molecule has 0 spiro atoms. The molecule has 5 nitrogen and oxygen atoms in total. The summed E-state index contributed by atoms with van der Waals surface area (Å²) < 4.78 is 0. The first-order valence-electron chi connectivity index (χ1n) is 7.51. The lowest BCUT2D eigenvalue weighted by Gasteiger charge is -2.19. The second-order valence-electron chi connectivity index (χ2n) is 5.22. The minimum atomic E-state index is 0.0652. The highest BCUT2D eigenvalue weighted by atomic mass is 16.1. The molecule has 1 aliphatic heterocycles. The normalized spacial score (nSPS) is 14.6. The fourth-order valence-corrected chi connectivity index (χ4v) is 2.49. The molecule has 0 radical (unpaired) electrons. The Morgan fingerprint density at radius 2 is 2.10 bits per heavy atom. The molecule has 0 aromatic carbocycles. The van der Waals surface area contributed by atoms with E-state index >= 15 is 0 Å². The van der Waals surface area contributed by atoms with Crippen LogP contribution >= 0.6 is 0 Å². The van der Waals surface area contributed by atoms with Crippen LogP contribution in [0, 0.1) is 0 Å². The first kappa shape index (κ1) is 14.8. The summed E-state index contributed by atoms with van der Waals surface area (Å²) in [4.78, 5) is 18.6. The summed E-state index contributed by atoms with van der Waals surface area (Å²) in [7, 11) is 0. The average molecular weight is 276 g/mol. The molecule has 1 fully saturated rings. The quantitative estimate of drug-likeness (QED) is 0.748. The van der Waals surface area contributed by atoms with E-state index in [9.17, 15) is 4.79 Å². The minimum absolute atomic E-state index is 0.0652. The van der Waals surface area contributed by atoms with Gasteiger partial charge in [-0.15, -0.1) is 0 Å². The standard InChI is InChI=1S/C15H24N4O/c16-9-3-1-2-8-14(20)18-13-7-6-10-17-15(13)19-11-4-5-12-19/h6-7,10H,1-5,8-9,11-12,16H2,(H,18,20). The Morgan fingerprint density at radius 1 is 1.30 bits per heavy atom. The lowest BCUT2D eigenvalue weighted by Crippen LogP contribution is -2.22. The van der Waals surface area contributed by atoms with E-state index in [1.807, 2.05) is 12.1 Å². The zero-order valence-corrected chi connectivity index (χ0v) is 12.0. The second kappa shape index (κ2) is 7.85. The van der Waals surface area contributed by atoms with Gasteiger partial charge in [0.25, 0.3) is 0 Å². The van der Waals surface area contributed by atoms with Gasteiger partial charge in [-0.05, 0) is 44.4 Å². The minimum Gasteiger partial charge on any atom is -0.355 e. The van der Waals surface area contributed by atoms with Gasteiger partial charge in [0.2, 0.25) is 5.91 Å². The maximum absolute atomic E-state index is 12.0. The predicted octanol–water partition coefficient (Wildman–Crippen LogP) is 2.14. The van der Waals surface area contributed by atoms with Gasteiger partial charge in [0.1, 0.15) is 0 Å². The van der Waals surface area contributed by atoms with Crippen molar-refractivity contribution in [3.8, 4) is 0 Å². The number of hydrogen-bond donors (Lipinski definition) is 2. The molecule has 0 aliphatic carbocycles. The molecule has 2 rings (SSSR count). The Morgan fingerprint density at radius 3 is 2.85 bits per heavy atom. The van der Waals surface area contributed by atoms with Crippen LogP contribution in [0.15, 0.2) is 18.3 Å². The van der Waals surface area contributed by atoms with Crippen LogP contribution in [-0.2, 0) is 4.79 Å². The highest BCUT2D eigenvalue weighted by Gasteiger charge is 2.17. The average Bonchev–Trinajstić information content (AvgIpc) is 2.98. The molecular formula is C15H24N4O. The molecular weight excluding hydrogens is 252 g/mol. The third-order valence-corrected chi connectivity index (χ3v) is 3.57. The first-order valence-corrected chi connectivity index (χ1v) is 7.51. The summed E-state index contributed by atoms with van der Waals surface area (Å²) in [5.74, 6) is 0.968. The van der Waals surface area contributed by atoms with Gasteiger partial charge in [0, 0.05) is 25.7 Å². The molecule has 20 heavy (non-hydrogen) atoms. The Hall–Kier alpha value is -1.62. The van der Waals surface area contributed by atoms with Crippen LogP contribution in [-0.4, -0.2) is 30.5 Å². The van der Waals surface area contributed by atoms with Gasteiger partial charge < -0.3 is 16.0 Å².